The Balaban J connectivity index is 1.76. The van der Waals surface area contributed by atoms with Crippen LogP contribution in [0.3, 0.4) is 0 Å². The highest BCUT2D eigenvalue weighted by molar-refractivity contribution is 6.06. The predicted molar refractivity (Wildman–Crippen MR) is 134 cm³/mol. The van der Waals surface area contributed by atoms with Gasteiger partial charge in [-0.05, 0) is 74.4 Å². The Morgan fingerprint density at radius 1 is 1.03 bits per heavy atom. The summed E-state index contributed by atoms with van der Waals surface area (Å²) in [5, 5.41) is 5.97. The maximum absolute atomic E-state index is 13.1. The predicted octanol–water partition coefficient (Wildman–Crippen LogP) is 4.89. The quantitative estimate of drug-likeness (QED) is 0.505. The molecule has 1 fully saturated rings. The first kappa shape index (κ1) is 24.8. The van der Waals surface area contributed by atoms with E-state index in [0.29, 0.717) is 42.5 Å². The SMILES string of the molecule is CCOCCCNC(=O)c1cc(NC(=O)c2ccc(CC)cc2)ccc1N1CCC(C)CC1. The minimum absolute atomic E-state index is 0.122. The van der Waals surface area contributed by atoms with Crippen molar-refractivity contribution in [3.63, 3.8) is 0 Å². The summed E-state index contributed by atoms with van der Waals surface area (Å²) in [7, 11) is 0. The summed E-state index contributed by atoms with van der Waals surface area (Å²) in [6.45, 7) is 10.0. The molecule has 6 heteroatoms. The lowest BCUT2D eigenvalue weighted by molar-refractivity contribution is 0.0943. The smallest absolute Gasteiger partial charge is 0.255 e. The molecule has 0 atom stereocenters. The molecule has 2 aromatic rings. The zero-order valence-corrected chi connectivity index (χ0v) is 20.2. The molecular weight excluding hydrogens is 414 g/mol. The van der Waals surface area contributed by atoms with Crippen molar-refractivity contribution < 1.29 is 14.3 Å². The molecule has 1 aliphatic rings. The number of amides is 2. The fourth-order valence-corrected chi connectivity index (χ4v) is 4.03. The van der Waals surface area contributed by atoms with Crippen molar-refractivity contribution in [2.45, 2.75) is 46.5 Å². The Hall–Kier alpha value is -2.86. The Bertz CT molecular complexity index is 919. The lowest BCUT2D eigenvalue weighted by Crippen LogP contribution is -2.35. The molecule has 33 heavy (non-hydrogen) atoms. The number of carbonyl (C=O) groups is 2. The summed E-state index contributed by atoms with van der Waals surface area (Å²) >= 11 is 0. The first-order valence-electron chi connectivity index (χ1n) is 12.2. The number of anilines is 2. The normalized spacial score (nSPS) is 14.2. The van der Waals surface area contributed by atoms with Crippen molar-refractivity contribution >= 4 is 23.2 Å². The van der Waals surface area contributed by atoms with Gasteiger partial charge in [-0.2, -0.15) is 0 Å². The van der Waals surface area contributed by atoms with E-state index < -0.39 is 0 Å². The Morgan fingerprint density at radius 2 is 1.76 bits per heavy atom. The van der Waals surface area contributed by atoms with Gasteiger partial charge in [0.1, 0.15) is 0 Å². The number of nitrogens with one attached hydrogen (secondary N) is 2. The van der Waals surface area contributed by atoms with Crippen molar-refractivity contribution in [1.82, 2.24) is 5.32 Å². The lowest BCUT2D eigenvalue weighted by atomic mass is 9.97. The summed E-state index contributed by atoms with van der Waals surface area (Å²) in [5.74, 6) is 0.401. The molecule has 0 spiro atoms. The van der Waals surface area contributed by atoms with Gasteiger partial charge in [0.2, 0.25) is 0 Å². The zero-order chi connectivity index (χ0) is 23.6. The standard InChI is InChI=1S/C27H37N3O3/c1-4-21-7-9-22(10-8-21)26(31)29-23-11-12-25(30-16-13-20(3)14-17-30)24(19-23)27(32)28-15-6-18-33-5-2/h7-12,19-20H,4-6,13-18H2,1-3H3,(H,28,32)(H,29,31). The number of rotatable bonds is 10. The average molecular weight is 452 g/mol. The number of aryl methyl sites for hydroxylation is 1. The third-order valence-corrected chi connectivity index (χ3v) is 6.20. The van der Waals surface area contributed by atoms with E-state index in [4.69, 9.17) is 4.74 Å². The molecule has 0 unspecified atom stereocenters. The second-order valence-electron chi connectivity index (χ2n) is 8.71. The van der Waals surface area contributed by atoms with Gasteiger partial charge in [0, 0.05) is 49.8 Å². The van der Waals surface area contributed by atoms with Crippen LogP contribution in [0.5, 0.6) is 0 Å². The molecule has 2 aromatic carbocycles. The Morgan fingerprint density at radius 3 is 2.42 bits per heavy atom. The van der Waals surface area contributed by atoms with Crippen LogP contribution in [0.2, 0.25) is 0 Å². The van der Waals surface area contributed by atoms with Crippen LogP contribution < -0.4 is 15.5 Å². The summed E-state index contributed by atoms with van der Waals surface area (Å²) in [6, 6.07) is 13.3. The van der Waals surface area contributed by atoms with E-state index >= 15 is 0 Å². The molecule has 2 amide bonds. The van der Waals surface area contributed by atoms with E-state index in [2.05, 4.69) is 29.4 Å². The van der Waals surface area contributed by atoms with Gasteiger partial charge in [-0.15, -0.1) is 0 Å². The molecule has 0 bridgehead atoms. The number of ether oxygens (including phenoxy) is 1. The summed E-state index contributed by atoms with van der Waals surface area (Å²) in [4.78, 5) is 28.1. The third kappa shape index (κ3) is 7.06. The summed E-state index contributed by atoms with van der Waals surface area (Å²) < 4.78 is 5.36. The summed E-state index contributed by atoms with van der Waals surface area (Å²) in [5.41, 5.74) is 3.93. The average Bonchev–Trinajstić information content (AvgIpc) is 2.84. The highest BCUT2D eigenvalue weighted by Crippen LogP contribution is 2.29. The van der Waals surface area contributed by atoms with Gasteiger partial charge in [-0.1, -0.05) is 26.0 Å². The van der Waals surface area contributed by atoms with Gasteiger partial charge in [-0.3, -0.25) is 9.59 Å². The maximum atomic E-state index is 13.1. The van der Waals surface area contributed by atoms with Crippen LogP contribution in [-0.4, -0.2) is 44.7 Å². The number of benzene rings is 2. The zero-order valence-electron chi connectivity index (χ0n) is 20.2. The van der Waals surface area contributed by atoms with Crippen molar-refractivity contribution in [1.29, 1.82) is 0 Å². The Kier molecular flexibility index (Phi) is 9.31. The number of carbonyl (C=O) groups excluding carboxylic acids is 2. The topological polar surface area (TPSA) is 70.7 Å². The first-order valence-corrected chi connectivity index (χ1v) is 12.2. The van der Waals surface area contributed by atoms with Crippen molar-refractivity contribution in [2.75, 3.05) is 43.1 Å². The van der Waals surface area contributed by atoms with E-state index in [1.54, 1.807) is 6.07 Å². The monoisotopic (exact) mass is 451 g/mol. The molecule has 6 nitrogen and oxygen atoms in total. The van der Waals surface area contributed by atoms with Crippen molar-refractivity contribution in [3.05, 3.63) is 59.2 Å². The highest BCUT2D eigenvalue weighted by atomic mass is 16.5. The first-order chi connectivity index (χ1) is 16.0. The third-order valence-electron chi connectivity index (χ3n) is 6.20. The molecule has 0 aromatic heterocycles. The molecular formula is C27H37N3O3. The number of nitrogens with zero attached hydrogens (tertiary/aromatic N) is 1. The van der Waals surface area contributed by atoms with Crippen LogP contribution >= 0.6 is 0 Å². The molecule has 1 heterocycles. The van der Waals surface area contributed by atoms with Crippen molar-refractivity contribution in [3.8, 4) is 0 Å². The molecule has 0 aliphatic carbocycles. The van der Waals surface area contributed by atoms with Crippen LogP contribution in [0.15, 0.2) is 42.5 Å². The van der Waals surface area contributed by atoms with E-state index in [-0.39, 0.29) is 11.8 Å². The van der Waals surface area contributed by atoms with E-state index in [0.717, 1.165) is 44.5 Å². The minimum atomic E-state index is -0.180. The van der Waals surface area contributed by atoms with Crippen LogP contribution in [0.1, 0.15) is 66.3 Å². The van der Waals surface area contributed by atoms with E-state index in [1.165, 1.54) is 5.56 Å². The second kappa shape index (κ2) is 12.4. The Labute approximate surface area is 197 Å². The largest absolute Gasteiger partial charge is 0.382 e. The van der Waals surface area contributed by atoms with Gasteiger partial charge < -0.3 is 20.3 Å². The molecule has 2 N–H and O–H groups in total. The molecule has 178 valence electrons. The van der Waals surface area contributed by atoms with Gasteiger partial charge in [0.25, 0.3) is 11.8 Å². The molecule has 1 saturated heterocycles. The second-order valence-corrected chi connectivity index (χ2v) is 8.71. The molecule has 1 aliphatic heterocycles. The number of hydrogen-bond acceptors (Lipinski definition) is 4. The van der Waals surface area contributed by atoms with E-state index in [1.807, 2.05) is 43.3 Å². The van der Waals surface area contributed by atoms with Crippen LogP contribution in [0, 0.1) is 5.92 Å². The van der Waals surface area contributed by atoms with Gasteiger partial charge in [-0.25, -0.2) is 0 Å². The van der Waals surface area contributed by atoms with Gasteiger partial charge >= 0.3 is 0 Å². The van der Waals surface area contributed by atoms with Gasteiger partial charge in [0.05, 0.1) is 5.56 Å². The van der Waals surface area contributed by atoms with Crippen LogP contribution in [0.4, 0.5) is 11.4 Å². The fraction of sp³-hybridized carbons (Fsp3) is 0.481. The molecule has 0 radical (unpaired) electrons. The summed E-state index contributed by atoms with van der Waals surface area (Å²) in [6.07, 6.45) is 3.92. The maximum Gasteiger partial charge on any atom is 0.255 e. The van der Waals surface area contributed by atoms with Crippen molar-refractivity contribution in [2.24, 2.45) is 5.92 Å². The lowest BCUT2D eigenvalue weighted by Gasteiger charge is -2.33. The highest BCUT2D eigenvalue weighted by Gasteiger charge is 2.22. The molecule has 3 rings (SSSR count). The molecule has 0 saturated carbocycles. The fourth-order valence-electron chi connectivity index (χ4n) is 4.03. The number of hydrogen-bond donors (Lipinski definition) is 2. The van der Waals surface area contributed by atoms with Crippen LogP contribution in [-0.2, 0) is 11.2 Å². The number of piperidine rings is 1. The van der Waals surface area contributed by atoms with Crippen LogP contribution in [0.25, 0.3) is 0 Å². The minimum Gasteiger partial charge on any atom is -0.382 e. The van der Waals surface area contributed by atoms with Gasteiger partial charge in [0.15, 0.2) is 0 Å². The van der Waals surface area contributed by atoms with E-state index in [9.17, 15) is 9.59 Å².